The van der Waals surface area contributed by atoms with Crippen molar-refractivity contribution in [3.63, 3.8) is 0 Å². The molecular formula is C14H12N2O. The number of hydrogen-bond acceptors (Lipinski definition) is 3. The van der Waals surface area contributed by atoms with E-state index in [0.717, 1.165) is 11.3 Å². The third-order valence-electron chi connectivity index (χ3n) is 2.44. The van der Waals surface area contributed by atoms with Gasteiger partial charge in [-0.05, 0) is 29.8 Å². The van der Waals surface area contributed by atoms with Crippen molar-refractivity contribution in [1.82, 2.24) is 0 Å². The first-order valence-electron chi connectivity index (χ1n) is 5.30. The van der Waals surface area contributed by atoms with E-state index in [1.807, 2.05) is 30.3 Å². The van der Waals surface area contributed by atoms with Crippen LogP contribution in [0.1, 0.15) is 11.6 Å². The van der Waals surface area contributed by atoms with Crippen LogP contribution in [0.4, 0.5) is 5.69 Å². The van der Waals surface area contributed by atoms with Crippen molar-refractivity contribution in [3.05, 3.63) is 60.2 Å². The maximum Gasteiger partial charge on any atom is 0.140 e. The second-order valence-corrected chi connectivity index (χ2v) is 3.66. The number of phenols is 1. The number of phenolic OH excluding ortho intramolecular Hbond substituents is 1. The first-order valence-corrected chi connectivity index (χ1v) is 5.30. The molecule has 0 radical (unpaired) electrons. The lowest BCUT2D eigenvalue weighted by atomic mass is 10.1. The Bertz CT molecular complexity index is 514. The Morgan fingerprint density at radius 1 is 1.00 bits per heavy atom. The molecule has 0 heterocycles. The zero-order chi connectivity index (χ0) is 12.1. The van der Waals surface area contributed by atoms with Crippen molar-refractivity contribution >= 4 is 5.69 Å². The largest absolute Gasteiger partial charge is 0.508 e. The number of rotatable bonds is 3. The molecule has 3 nitrogen and oxygen atoms in total. The van der Waals surface area contributed by atoms with Crippen LogP contribution in [0, 0.1) is 11.3 Å². The third-order valence-corrected chi connectivity index (χ3v) is 2.44. The van der Waals surface area contributed by atoms with Crippen LogP contribution in [0.15, 0.2) is 54.6 Å². The first-order chi connectivity index (χ1) is 8.29. The summed E-state index contributed by atoms with van der Waals surface area (Å²) in [6.07, 6.45) is 0. The van der Waals surface area contributed by atoms with Crippen LogP contribution >= 0.6 is 0 Å². The van der Waals surface area contributed by atoms with E-state index >= 15 is 0 Å². The van der Waals surface area contributed by atoms with Gasteiger partial charge in [0.15, 0.2) is 0 Å². The van der Waals surface area contributed by atoms with Gasteiger partial charge in [-0.1, -0.05) is 30.3 Å². The topological polar surface area (TPSA) is 56.0 Å². The minimum atomic E-state index is -0.419. The molecular weight excluding hydrogens is 212 g/mol. The van der Waals surface area contributed by atoms with Gasteiger partial charge >= 0.3 is 0 Å². The van der Waals surface area contributed by atoms with Gasteiger partial charge in [-0.3, -0.25) is 0 Å². The highest BCUT2D eigenvalue weighted by Gasteiger charge is 2.09. The fourth-order valence-corrected chi connectivity index (χ4v) is 1.56. The Hall–Kier alpha value is -2.47. The van der Waals surface area contributed by atoms with Gasteiger partial charge in [0.05, 0.1) is 6.07 Å². The van der Waals surface area contributed by atoms with E-state index in [0.29, 0.717) is 0 Å². The Morgan fingerprint density at radius 3 is 2.24 bits per heavy atom. The Labute approximate surface area is 100.0 Å². The molecule has 0 fully saturated rings. The Balaban J connectivity index is 2.18. The van der Waals surface area contributed by atoms with Crippen LogP contribution in [0.25, 0.3) is 0 Å². The summed E-state index contributed by atoms with van der Waals surface area (Å²) in [6, 6.07) is 18.0. The zero-order valence-corrected chi connectivity index (χ0v) is 9.17. The smallest absolute Gasteiger partial charge is 0.140 e. The maximum atomic E-state index is 9.20. The van der Waals surface area contributed by atoms with E-state index in [4.69, 9.17) is 5.26 Å². The molecule has 0 aliphatic rings. The first kappa shape index (κ1) is 11.0. The molecule has 84 valence electrons. The molecule has 17 heavy (non-hydrogen) atoms. The van der Waals surface area contributed by atoms with Crippen molar-refractivity contribution in [2.24, 2.45) is 0 Å². The summed E-state index contributed by atoms with van der Waals surface area (Å²) in [4.78, 5) is 0. The van der Waals surface area contributed by atoms with Crippen LogP contribution in [0.3, 0.4) is 0 Å². The van der Waals surface area contributed by atoms with Crippen molar-refractivity contribution in [3.8, 4) is 11.8 Å². The van der Waals surface area contributed by atoms with Crippen LogP contribution in [-0.2, 0) is 0 Å². The molecule has 0 saturated heterocycles. The highest BCUT2D eigenvalue weighted by Crippen LogP contribution is 2.20. The normalized spacial score (nSPS) is 11.5. The van der Waals surface area contributed by atoms with Gasteiger partial charge in [0.25, 0.3) is 0 Å². The third kappa shape index (κ3) is 2.76. The van der Waals surface area contributed by atoms with E-state index in [2.05, 4.69) is 11.4 Å². The number of nitrogens with one attached hydrogen (secondary N) is 1. The summed E-state index contributed by atoms with van der Waals surface area (Å²) in [5.41, 5.74) is 1.72. The van der Waals surface area contributed by atoms with Gasteiger partial charge < -0.3 is 10.4 Å². The predicted octanol–water partition coefficient (Wildman–Crippen LogP) is 3.07. The van der Waals surface area contributed by atoms with Gasteiger partial charge in [0, 0.05) is 5.69 Å². The lowest BCUT2D eigenvalue weighted by Gasteiger charge is -2.13. The van der Waals surface area contributed by atoms with Crippen molar-refractivity contribution in [2.75, 3.05) is 5.32 Å². The molecule has 2 aromatic rings. The molecule has 2 rings (SSSR count). The average Bonchev–Trinajstić information content (AvgIpc) is 2.38. The van der Waals surface area contributed by atoms with Crippen molar-refractivity contribution < 1.29 is 5.11 Å². The summed E-state index contributed by atoms with van der Waals surface area (Å²) in [5.74, 6) is 0.199. The lowest BCUT2D eigenvalue weighted by molar-refractivity contribution is 0.475. The fourth-order valence-electron chi connectivity index (χ4n) is 1.56. The maximum absolute atomic E-state index is 9.20. The molecule has 1 atom stereocenters. The van der Waals surface area contributed by atoms with E-state index in [1.165, 1.54) is 0 Å². The monoisotopic (exact) mass is 224 g/mol. The molecule has 0 aromatic heterocycles. The van der Waals surface area contributed by atoms with Crippen LogP contribution < -0.4 is 5.32 Å². The standard InChI is InChI=1S/C14H12N2O/c15-10-14(11-6-8-13(17)9-7-11)16-12-4-2-1-3-5-12/h1-9,14,16-17H/t14-/m1/s1. The number of benzene rings is 2. The summed E-state index contributed by atoms with van der Waals surface area (Å²) < 4.78 is 0. The SMILES string of the molecule is N#C[C@@H](Nc1ccccc1)c1ccc(O)cc1. The van der Waals surface area contributed by atoms with Crippen LogP contribution in [-0.4, -0.2) is 5.11 Å². The summed E-state index contributed by atoms with van der Waals surface area (Å²) in [7, 11) is 0. The molecule has 3 heteroatoms. The van der Waals surface area contributed by atoms with E-state index in [-0.39, 0.29) is 5.75 Å². The number of para-hydroxylation sites is 1. The summed E-state index contributed by atoms with van der Waals surface area (Å²) in [5, 5.41) is 21.5. The molecule has 0 unspecified atom stereocenters. The van der Waals surface area contributed by atoms with Crippen LogP contribution in [0.2, 0.25) is 0 Å². The zero-order valence-electron chi connectivity index (χ0n) is 9.17. The van der Waals surface area contributed by atoms with Gasteiger partial charge in [0.1, 0.15) is 11.8 Å². The molecule has 0 saturated carbocycles. The number of aromatic hydroxyl groups is 1. The molecule has 0 bridgehead atoms. The molecule has 0 aliphatic carbocycles. The number of anilines is 1. The molecule has 0 aliphatic heterocycles. The van der Waals surface area contributed by atoms with Gasteiger partial charge in [-0.15, -0.1) is 0 Å². The minimum Gasteiger partial charge on any atom is -0.508 e. The average molecular weight is 224 g/mol. The van der Waals surface area contributed by atoms with Gasteiger partial charge in [-0.2, -0.15) is 5.26 Å². The van der Waals surface area contributed by atoms with Gasteiger partial charge in [-0.25, -0.2) is 0 Å². The highest BCUT2D eigenvalue weighted by atomic mass is 16.3. The van der Waals surface area contributed by atoms with E-state index in [9.17, 15) is 5.11 Å². The fraction of sp³-hybridized carbons (Fsp3) is 0.0714. The number of nitrogens with zero attached hydrogens (tertiary/aromatic N) is 1. The number of hydrogen-bond donors (Lipinski definition) is 2. The predicted molar refractivity (Wildman–Crippen MR) is 66.5 cm³/mol. The summed E-state index contributed by atoms with van der Waals surface area (Å²) >= 11 is 0. The molecule has 0 amide bonds. The number of nitriles is 1. The Kier molecular flexibility index (Phi) is 3.27. The van der Waals surface area contributed by atoms with E-state index in [1.54, 1.807) is 24.3 Å². The molecule has 2 aromatic carbocycles. The Morgan fingerprint density at radius 2 is 1.65 bits per heavy atom. The van der Waals surface area contributed by atoms with Gasteiger partial charge in [0.2, 0.25) is 0 Å². The second-order valence-electron chi connectivity index (χ2n) is 3.66. The minimum absolute atomic E-state index is 0.199. The molecule has 2 N–H and O–H groups in total. The van der Waals surface area contributed by atoms with E-state index < -0.39 is 6.04 Å². The van der Waals surface area contributed by atoms with Crippen molar-refractivity contribution in [2.45, 2.75) is 6.04 Å². The summed E-state index contributed by atoms with van der Waals surface area (Å²) in [6.45, 7) is 0. The highest BCUT2D eigenvalue weighted by molar-refractivity contribution is 5.47. The lowest BCUT2D eigenvalue weighted by Crippen LogP contribution is -2.07. The quantitative estimate of drug-likeness (QED) is 0.842. The van der Waals surface area contributed by atoms with Crippen LogP contribution in [0.5, 0.6) is 5.75 Å². The second kappa shape index (κ2) is 5.04. The van der Waals surface area contributed by atoms with Crippen molar-refractivity contribution in [1.29, 1.82) is 5.26 Å². The molecule has 0 spiro atoms.